The first-order valence-corrected chi connectivity index (χ1v) is 7.36. The Kier molecular flexibility index (Phi) is 4.80. The summed E-state index contributed by atoms with van der Waals surface area (Å²) >= 11 is 0. The molecule has 1 aliphatic heterocycles. The summed E-state index contributed by atoms with van der Waals surface area (Å²) in [4.78, 5) is 25.7. The molecule has 5 nitrogen and oxygen atoms in total. The number of hydrogen-bond donors (Lipinski definition) is 2. The largest absolute Gasteiger partial charge is 0.391 e. The number of hydrogen-bond acceptors (Lipinski definition) is 3. The first-order valence-electron chi connectivity index (χ1n) is 7.36. The van der Waals surface area contributed by atoms with E-state index in [1.54, 1.807) is 0 Å². The van der Waals surface area contributed by atoms with Crippen LogP contribution in [0.1, 0.15) is 39.0 Å². The van der Waals surface area contributed by atoms with Gasteiger partial charge in [0.2, 0.25) is 11.8 Å². The summed E-state index contributed by atoms with van der Waals surface area (Å²) in [6.07, 6.45) is 3.75. The van der Waals surface area contributed by atoms with Crippen LogP contribution in [0.2, 0.25) is 0 Å². The molecule has 19 heavy (non-hydrogen) atoms. The van der Waals surface area contributed by atoms with Gasteiger partial charge in [-0.1, -0.05) is 6.92 Å². The second kappa shape index (κ2) is 6.37. The number of likely N-dealkylation sites (tertiary alicyclic amines) is 1. The van der Waals surface area contributed by atoms with Crippen molar-refractivity contribution in [2.45, 2.75) is 45.1 Å². The fraction of sp³-hybridized carbons (Fsp3) is 0.857. The molecule has 2 fully saturated rings. The van der Waals surface area contributed by atoms with Crippen molar-refractivity contribution in [3.63, 3.8) is 0 Å². The van der Waals surface area contributed by atoms with Crippen LogP contribution in [0.25, 0.3) is 0 Å². The Morgan fingerprint density at radius 3 is 2.37 bits per heavy atom. The van der Waals surface area contributed by atoms with Gasteiger partial charge in [-0.05, 0) is 32.1 Å². The highest BCUT2D eigenvalue weighted by atomic mass is 16.3. The molecule has 1 saturated heterocycles. The highest BCUT2D eigenvalue weighted by molar-refractivity contribution is 5.82. The van der Waals surface area contributed by atoms with E-state index in [0.717, 1.165) is 25.7 Å². The average molecular weight is 268 g/mol. The minimum absolute atomic E-state index is 0.00712. The Labute approximate surface area is 114 Å². The van der Waals surface area contributed by atoms with E-state index in [-0.39, 0.29) is 23.7 Å². The number of aliphatic hydroxyl groups is 1. The van der Waals surface area contributed by atoms with Crippen LogP contribution in [0.5, 0.6) is 0 Å². The van der Waals surface area contributed by atoms with E-state index in [9.17, 15) is 14.7 Å². The Morgan fingerprint density at radius 2 is 1.84 bits per heavy atom. The quantitative estimate of drug-likeness (QED) is 0.764. The zero-order valence-corrected chi connectivity index (χ0v) is 11.6. The van der Waals surface area contributed by atoms with Crippen LogP contribution < -0.4 is 5.32 Å². The molecule has 1 heterocycles. The lowest BCUT2D eigenvalue weighted by Crippen LogP contribution is -2.44. The maximum Gasteiger partial charge on any atom is 0.225 e. The summed E-state index contributed by atoms with van der Waals surface area (Å²) in [5.74, 6) is 0.559. The number of carbonyl (C=O) groups excluding carboxylic acids is 2. The van der Waals surface area contributed by atoms with E-state index in [4.69, 9.17) is 0 Å². The van der Waals surface area contributed by atoms with Gasteiger partial charge in [0, 0.05) is 31.5 Å². The molecule has 1 aliphatic carbocycles. The summed E-state index contributed by atoms with van der Waals surface area (Å²) < 4.78 is 0. The summed E-state index contributed by atoms with van der Waals surface area (Å²) in [5.41, 5.74) is 0. The lowest BCUT2D eigenvalue weighted by molar-refractivity contribution is -0.136. The molecule has 2 amide bonds. The van der Waals surface area contributed by atoms with Crippen LogP contribution in [0.3, 0.4) is 0 Å². The second-order valence-corrected chi connectivity index (χ2v) is 5.68. The fourth-order valence-electron chi connectivity index (χ4n) is 2.46. The third-order valence-corrected chi connectivity index (χ3v) is 4.09. The molecule has 5 heteroatoms. The summed E-state index contributed by atoms with van der Waals surface area (Å²) in [6.45, 7) is 3.61. The number of carbonyl (C=O) groups is 2. The molecule has 1 atom stereocenters. The SMILES string of the molecule is CCC(O)CNC(=O)C1CCN(C(=O)C2CC2)CC1. The Hall–Kier alpha value is -1.10. The van der Waals surface area contributed by atoms with Crippen molar-refractivity contribution in [3.8, 4) is 0 Å². The number of aliphatic hydroxyl groups excluding tert-OH is 1. The first kappa shape index (κ1) is 14.3. The van der Waals surface area contributed by atoms with Crippen molar-refractivity contribution >= 4 is 11.8 Å². The van der Waals surface area contributed by atoms with Gasteiger partial charge in [0.1, 0.15) is 0 Å². The van der Waals surface area contributed by atoms with E-state index in [1.165, 1.54) is 0 Å². The van der Waals surface area contributed by atoms with Crippen molar-refractivity contribution in [2.75, 3.05) is 19.6 Å². The van der Waals surface area contributed by atoms with Crippen molar-refractivity contribution in [2.24, 2.45) is 11.8 Å². The van der Waals surface area contributed by atoms with Crippen molar-refractivity contribution in [1.82, 2.24) is 10.2 Å². The fourth-order valence-corrected chi connectivity index (χ4v) is 2.46. The van der Waals surface area contributed by atoms with E-state index in [0.29, 0.717) is 26.1 Å². The van der Waals surface area contributed by atoms with Crippen LogP contribution in [0.15, 0.2) is 0 Å². The molecule has 108 valence electrons. The molecular weight excluding hydrogens is 244 g/mol. The third-order valence-electron chi connectivity index (χ3n) is 4.09. The summed E-state index contributed by atoms with van der Waals surface area (Å²) in [5, 5.41) is 12.2. The number of rotatable bonds is 5. The van der Waals surface area contributed by atoms with Gasteiger partial charge >= 0.3 is 0 Å². The zero-order valence-electron chi connectivity index (χ0n) is 11.6. The summed E-state index contributed by atoms with van der Waals surface area (Å²) in [7, 11) is 0. The zero-order chi connectivity index (χ0) is 13.8. The third kappa shape index (κ3) is 3.93. The minimum Gasteiger partial charge on any atom is -0.391 e. The molecule has 0 aromatic rings. The average Bonchev–Trinajstić information content (AvgIpc) is 3.28. The lowest BCUT2D eigenvalue weighted by atomic mass is 9.95. The van der Waals surface area contributed by atoms with Crippen molar-refractivity contribution < 1.29 is 14.7 Å². The van der Waals surface area contributed by atoms with Crippen LogP contribution in [-0.2, 0) is 9.59 Å². The number of amides is 2. The van der Waals surface area contributed by atoms with E-state index >= 15 is 0 Å². The minimum atomic E-state index is -0.458. The molecule has 0 bridgehead atoms. The van der Waals surface area contributed by atoms with Crippen LogP contribution in [0, 0.1) is 11.8 Å². The maximum atomic E-state index is 11.9. The van der Waals surface area contributed by atoms with E-state index in [1.807, 2.05) is 11.8 Å². The van der Waals surface area contributed by atoms with Gasteiger partial charge in [0.25, 0.3) is 0 Å². The Morgan fingerprint density at radius 1 is 1.21 bits per heavy atom. The van der Waals surface area contributed by atoms with Gasteiger partial charge in [-0.3, -0.25) is 9.59 Å². The van der Waals surface area contributed by atoms with Gasteiger partial charge in [0.15, 0.2) is 0 Å². The molecule has 0 aromatic carbocycles. The molecule has 0 radical (unpaired) electrons. The monoisotopic (exact) mass is 268 g/mol. The molecule has 0 aromatic heterocycles. The maximum absolute atomic E-state index is 11.9. The highest BCUT2D eigenvalue weighted by Gasteiger charge is 2.35. The predicted octanol–water partition coefficient (Wildman–Crippen LogP) is 0.522. The van der Waals surface area contributed by atoms with E-state index in [2.05, 4.69) is 5.32 Å². The topological polar surface area (TPSA) is 69.6 Å². The number of nitrogens with zero attached hydrogens (tertiary/aromatic N) is 1. The van der Waals surface area contributed by atoms with Gasteiger partial charge in [-0.15, -0.1) is 0 Å². The Bertz CT molecular complexity index is 334. The molecule has 1 unspecified atom stereocenters. The van der Waals surface area contributed by atoms with Gasteiger partial charge in [0.05, 0.1) is 6.10 Å². The van der Waals surface area contributed by atoms with Crippen molar-refractivity contribution in [3.05, 3.63) is 0 Å². The molecule has 2 aliphatic rings. The van der Waals surface area contributed by atoms with Crippen LogP contribution >= 0.6 is 0 Å². The van der Waals surface area contributed by atoms with E-state index < -0.39 is 6.10 Å². The first-order chi connectivity index (χ1) is 9.11. The Balaban J connectivity index is 1.70. The standard InChI is InChI=1S/C14H24N2O3/c1-2-12(17)9-15-13(18)10-5-7-16(8-6-10)14(19)11-3-4-11/h10-12,17H,2-9H2,1H3,(H,15,18). The molecule has 2 N–H and O–H groups in total. The second-order valence-electron chi connectivity index (χ2n) is 5.68. The molecule has 1 saturated carbocycles. The predicted molar refractivity (Wildman–Crippen MR) is 71.3 cm³/mol. The van der Waals surface area contributed by atoms with Crippen LogP contribution in [-0.4, -0.2) is 47.6 Å². The smallest absolute Gasteiger partial charge is 0.225 e. The van der Waals surface area contributed by atoms with Crippen LogP contribution in [0.4, 0.5) is 0 Å². The number of piperidine rings is 1. The van der Waals surface area contributed by atoms with Gasteiger partial charge < -0.3 is 15.3 Å². The molecule has 2 rings (SSSR count). The van der Waals surface area contributed by atoms with Crippen molar-refractivity contribution in [1.29, 1.82) is 0 Å². The summed E-state index contributed by atoms with van der Waals surface area (Å²) in [6, 6.07) is 0. The van der Waals surface area contributed by atoms with Gasteiger partial charge in [-0.2, -0.15) is 0 Å². The normalized spacial score (nSPS) is 22.1. The van der Waals surface area contributed by atoms with Gasteiger partial charge in [-0.25, -0.2) is 0 Å². The highest BCUT2D eigenvalue weighted by Crippen LogP contribution is 2.32. The molecular formula is C14H24N2O3. The molecule has 0 spiro atoms. The number of nitrogens with one attached hydrogen (secondary N) is 1. The lowest BCUT2D eigenvalue weighted by Gasteiger charge is -2.31.